The molecule has 1 aromatic carbocycles. The smallest absolute Gasteiger partial charge is 0.325 e. The Balaban J connectivity index is 1.64. The lowest BCUT2D eigenvalue weighted by Gasteiger charge is -2.43. The fourth-order valence-electron chi connectivity index (χ4n) is 4.70. The molecule has 0 unspecified atom stereocenters. The Bertz CT molecular complexity index is 779. The number of nitrogens with zero attached hydrogens (tertiary/aromatic N) is 1. The van der Waals surface area contributed by atoms with E-state index in [9.17, 15) is 14.4 Å². The van der Waals surface area contributed by atoms with Crippen LogP contribution in [0.25, 0.3) is 0 Å². The van der Waals surface area contributed by atoms with Crippen molar-refractivity contribution in [2.45, 2.75) is 52.1 Å². The highest BCUT2D eigenvalue weighted by atomic mass is 35.5. The summed E-state index contributed by atoms with van der Waals surface area (Å²) in [4.78, 5) is 38.8. The molecule has 2 N–H and O–H groups in total. The molecule has 2 aliphatic rings. The highest BCUT2D eigenvalue weighted by Crippen LogP contribution is 2.46. The third-order valence-corrected chi connectivity index (χ3v) is 5.54. The topological polar surface area (TPSA) is 78.5 Å². The van der Waals surface area contributed by atoms with Gasteiger partial charge in [0.05, 0.1) is 0 Å². The molecule has 0 radical (unpaired) electrons. The molecule has 4 amide bonds. The standard InChI is InChI=1S/C20H26ClN3O3/c1-13-8-19(2,3)12-20(9-13)17(26)24(18(27)23-20)11-16(25)22-10-14-5-4-6-15(21)7-14/h4-7,13H,8-12H2,1-3H3,(H,22,25)(H,23,27)/t13-,20+/m0/s1. The Hall–Kier alpha value is -2.08. The lowest BCUT2D eigenvalue weighted by Crippen LogP contribution is -2.54. The zero-order valence-corrected chi connectivity index (χ0v) is 16.7. The Labute approximate surface area is 164 Å². The van der Waals surface area contributed by atoms with Crippen LogP contribution in [0.2, 0.25) is 5.02 Å². The first kappa shape index (κ1) is 19.7. The van der Waals surface area contributed by atoms with Crippen molar-refractivity contribution in [3.05, 3.63) is 34.9 Å². The monoisotopic (exact) mass is 391 g/mol. The van der Waals surface area contributed by atoms with E-state index in [1.54, 1.807) is 18.2 Å². The normalized spacial score (nSPS) is 27.0. The lowest BCUT2D eigenvalue weighted by molar-refractivity contribution is -0.137. The third-order valence-electron chi connectivity index (χ3n) is 5.30. The van der Waals surface area contributed by atoms with Crippen LogP contribution >= 0.6 is 11.6 Å². The summed E-state index contributed by atoms with van der Waals surface area (Å²) in [6.45, 7) is 6.34. The minimum absolute atomic E-state index is 0.0363. The second kappa shape index (κ2) is 7.15. The molecule has 146 valence electrons. The summed E-state index contributed by atoms with van der Waals surface area (Å²) in [7, 11) is 0. The molecule has 0 bridgehead atoms. The van der Waals surface area contributed by atoms with Crippen LogP contribution in [0.3, 0.4) is 0 Å². The van der Waals surface area contributed by atoms with Crippen LogP contribution in [-0.2, 0) is 16.1 Å². The lowest BCUT2D eigenvalue weighted by atomic mass is 9.64. The summed E-state index contributed by atoms with van der Waals surface area (Å²) < 4.78 is 0. The van der Waals surface area contributed by atoms with Crippen LogP contribution in [0.4, 0.5) is 4.79 Å². The van der Waals surface area contributed by atoms with Gasteiger partial charge in [-0.2, -0.15) is 0 Å². The minimum Gasteiger partial charge on any atom is -0.350 e. The molecule has 0 aromatic heterocycles. The number of rotatable bonds is 4. The van der Waals surface area contributed by atoms with Gasteiger partial charge in [0.25, 0.3) is 5.91 Å². The van der Waals surface area contributed by atoms with Crippen LogP contribution in [0.1, 0.15) is 45.6 Å². The number of benzene rings is 1. The number of hydrogen-bond acceptors (Lipinski definition) is 3. The van der Waals surface area contributed by atoms with Crippen LogP contribution in [-0.4, -0.2) is 34.8 Å². The van der Waals surface area contributed by atoms with E-state index in [-0.39, 0.29) is 30.3 Å². The Morgan fingerprint density at radius 3 is 2.74 bits per heavy atom. The molecular formula is C20H26ClN3O3. The summed E-state index contributed by atoms with van der Waals surface area (Å²) in [5, 5.41) is 6.21. The van der Waals surface area contributed by atoms with Gasteiger partial charge in [0, 0.05) is 11.6 Å². The van der Waals surface area contributed by atoms with E-state index in [0.29, 0.717) is 23.8 Å². The molecule has 27 heavy (non-hydrogen) atoms. The van der Waals surface area contributed by atoms with E-state index in [0.717, 1.165) is 16.9 Å². The molecule has 1 aromatic rings. The molecule has 1 saturated heterocycles. The molecule has 1 aliphatic carbocycles. The first-order valence-corrected chi connectivity index (χ1v) is 9.63. The number of carbonyl (C=O) groups is 3. The molecule has 3 rings (SSSR count). The molecule has 2 atom stereocenters. The van der Waals surface area contributed by atoms with E-state index in [1.165, 1.54) is 0 Å². The average Bonchev–Trinajstić information content (AvgIpc) is 2.74. The second-order valence-electron chi connectivity index (χ2n) is 8.66. The van der Waals surface area contributed by atoms with E-state index in [4.69, 9.17) is 11.6 Å². The Morgan fingerprint density at radius 1 is 1.33 bits per heavy atom. The van der Waals surface area contributed by atoms with Crippen molar-refractivity contribution in [2.24, 2.45) is 11.3 Å². The van der Waals surface area contributed by atoms with Gasteiger partial charge in [-0.1, -0.05) is 44.5 Å². The zero-order chi connectivity index (χ0) is 19.8. The maximum absolute atomic E-state index is 13.0. The minimum atomic E-state index is -0.883. The fourth-order valence-corrected chi connectivity index (χ4v) is 4.91. The molecular weight excluding hydrogens is 366 g/mol. The summed E-state index contributed by atoms with van der Waals surface area (Å²) in [6, 6.07) is 6.68. The van der Waals surface area contributed by atoms with Crippen LogP contribution in [0, 0.1) is 11.3 Å². The Kier molecular flexibility index (Phi) is 5.21. The van der Waals surface area contributed by atoms with Crippen molar-refractivity contribution in [3.63, 3.8) is 0 Å². The molecule has 1 spiro atoms. The number of carbonyl (C=O) groups excluding carboxylic acids is 3. The van der Waals surface area contributed by atoms with Gasteiger partial charge < -0.3 is 10.6 Å². The molecule has 2 fully saturated rings. The highest BCUT2D eigenvalue weighted by Gasteiger charge is 2.56. The number of imide groups is 1. The maximum atomic E-state index is 13.0. The SMILES string of the molecule is C[C@H]1CC(C)(C)C[C@@]2(C1)NC(=O)N(CC(=O)NCc1cccc(Cl)c1)C2=O. The molecule has 6 nitrogen and oxygen atoms in total. The third kappa shape index (κ3) is 4.26. The van der Waals surface area contributed by atoms with Gasteiger partial charge in [-0.25, -0.2) is 4.79 Å². The fraction of sp³-hybridized carbons (Fsp3) is 0.550. The van der Waals surface area contributed by atoms with Gasteiger partial charge in [-0.3, -0.25) is 14.5 Å². The maximum Gasteiger partial charge on any atom is 0.325 e. The van der Waals surface area contributed by atoms with Crippen molar-refractivity contribution >= 4 is 29.4 Å². The molecule has 1 heterocycles. The van der Waals surface area contributed by atoms with E-state index < -0.39 is 11.6 Å². The predicted molar refractivity (Wildman–Crippen MR) is 103 cm³/mol. The van der Waals surface area contributed by atoms with Gasteiger partial charge in [0.2, 0.25) is 5.91 Å². The van der Waals surface area contributed by atoms with Crippen molar-refractivity contribution in [2.75, 3.05) is 6.54 Å². The second-order valence-corrected chi connectivity index (χ2v) is 9.10. The first-order chi connectivity index (χ1) is 12.6. The summed E-state index contributed by atoms with van der Waals surface area (Å²) in [6.07, 6.45) is 2.22. The van der Waals surface area contributed by atoms with E-state index >= 15 is 0 Å². The number of halogens is 1. The first-order valence-electron chi connectivity index (χ1n) is 9.25. The average molecular weight is 392 g/mol. The van der Waals surface area contributed by atoms with E-state index in [1.807, 2.05) is 6.07 Å². The van der Waals surface area contributed by atoms with Crippen LogP contribution in [0.15, 0.2) is 24.3 Å². The summed E-state index contributed by atoms with van der Waals surface area (Å²) >= 11 is 5.93. The van der Waals surface area contributed by atoms with Gasteiger partial charge in [0.1, 0.15) is 12.1 Å². The molecule has 1 aliphatic heterocycles. The van der Waals surface area contributed by atoms with Crippen molar-refractivity contribution in [1.82, 2.24) is 15.5 Å². The van der Waals surface area contributed by atoms with Gasteiger partial charge in [-0.05, 0) is 48.3 Å². The number of urea groups is 1. The van der Waals surface area contributed by atoms with Crippen molar-refractivity contribution < 1.29 is 14.4 Å². The van der Waals surface area contributed by atoms with Gasteiger partial charge >= 0.3 is 6.03 Å². The van der Waals surface area contributed by atoms with Gasteiger partial charge in [0.15, 0.2) is 0 Å². The largest absolute Gasteiger partial charge is 0.350 e. The van der Waals surface area contributed by atoms with Crippen LogP contribution in [0.5, 0.6) is 0 Å². The van der Waals surface area contributed by atoms with E-state index in [2.05, 4.69) is 31.4 Å². The summed E-state index contributed by atoms with van der Waals surface area (Å²) in [5.74, 6) is -0.335. The number of nitrogens with one attached hydrogen (secondary N) is 2. The number of hydrogen-bond donors (Lipinski definition) is 2. The Morgan fingerprint density at radius 2 is 2.07 bits per heavy atom. The molecule has 7 heteroatoms. The van der Waals surface area contributed by atoms with Crippen molar-refractivity contribution in [1.29, 1.82) is 0 Å². The summed E-state index contributed by atoms with van der Waals surface area (Å²) in [5.41, 5.74) is -0.0657. The van der Waals surface area contributed by atoms with Gasteiger partial charge in [-0.15, -0.1) is 0 Å². The quantitative estimate of drug-likeness (QED) is 0.774. The predicted octanol–water partition coefficient (Wildman–Crippen LogP) is 3.09. The highest BCUT2D eigenvalue weighted by molar-refractivity contribution is 6.30. The number of amides is 4. The van der Waals surface area contributed by atoms with Crippen molar-refractivity contribution in [3.8, 4) is 0 Å². The zero-order valence-electron chi connectivity index (χ0n) is 16.0. The molecule has 1 saturated carbocycles. The van der Waals surface area contributed by atoms with Crippen LogP contribution < -0.4 is 10.6 Å².